The van der Waals surface area contributed by atoms with Crippen molar-refractivity contribution in [1.29, 1.82) is 0 Å². The molecule has 1 atom stereocenters. The molecule has 0 aromatic heterocycles. The third-order valence-corrected chi connectivity index (χ3v) is 6.15. The number of carbonyl (C=O) groups excluding carboxylic acids is 1. The summed E-state index contributed by atoms with van der Waals surface area (Å²) < 4.78 is 25.3. The Morgan fingerprint density at radius 3 is 2.36 bits per heavy atom. The van der Waals surface area contributed by atoms with E-state index >= 15 is 0 Å². The summed E-state index contributed by atoms with van der Waals surface area (Å²) in [5.41, 5.74) is 1.22. The number of carbonyl (C=O) groups is 1. The number of hydrogen-bond donors (Lipinski definition) is 1. The molecule has 0 fully saturated rings. The second kappa shape index (κ2) is 9.15. The van der Waals surface area contributed by atoms with Crippen LogP contribution in [-0.4, -0.2) is 26.1 Å². The van der Waals surface area contributed by atoms with Gasteiger partial charge < -0.3 is 5.32 Å². The second-order valence-corrected chi connectivity index (χ2v) is 9.04. The molecule has 0 saturated heterocycles. The van der Waals surface area contributed by atoms with E-state index in [1.807, 2.05) is 25.1 Å². The van der Waals surface area contributed by atoms with Gasteiger partial charge in [0.05, 0.1) is 10.6 Å². The van der Waals surface area contributed by atoms with Crippen LogP contribution >= 0.6 is 15.9 Å². The Morgan fingerprint density at radius 1 is 1.08 bits per heavy atom. The molecule has 25 heavy (non-hydrogen) atoms. The van der Waals surface area contributed by atoms with Gasteiger partial charge >= 0.3 is 0 Å². The van der Waals surface area contributed by atoms with Gasteiger partial charge in [-0.25, -0.2) is 8.42 Å². The van der Waals surface area contributed by atoms with Gasteiger partial charge in [-0.15, -0.1) is 0 Å². The fourth-order valence-electron chi connectivity index (χ4n) is 2.43. The molecule has 0 heterocycles. The van der Waals surface area contributed by atoms with Gasteiger partial charge in [0, 0.05) is 16.9 Å². The van der Waals surface area contributed by atoms with Crippen molar-refractivity contribution in [2.45, 2.75) is 37.1 Å². The Kier molecular flexibility index (Phi) is 7.20. The standard InChI is InChI=1S/C19H22BrNO3S/c1-15(7-8-16-5-3-2-4-6-16)21-19(22)13-14-25(23,24)18-11-9-17(20)10-12-18/h2-6,9-12,15H,7-8,13-14H2,1H3,(H,21,22). The molecule has 134 valence electrons. The summed E-state index contributed by atoms with van der Waals surface area (Å²) in [4.78, 5) is 12.3. The molecule has 1 N–H and O–H groups in total. The molecule has 6 heteroatoms. The zero-order chi connectivity index (χ0) is 18.3. The van der Waals surface area contributed by atoms with E-state index in [9.17, 15) is 13.2 Å². The molecule has 0 bridgehead atoms. The molecule has 0 saturated carbocycles. The van der Waals surface area contributed by atoms with Crippen LogP contribution < -0.4 is 5.32 Å². The Balaban J connectivity index is 1.78. The first kappa shape index (κ1) is 19.7. The lowest BCUT2D eigenvalue weighted by Gasteiger charge is -2.14. The van der Waals surface area contributed by atoms with Gasteiger partial charge in [0.1, 0.15) is 0 Å². The highest BCUT2D eigenvalue weighted by atomic mass is 79.9. The molecule has 1 unspecified atom stereocenters. The Bertz CT molecular complexity index is 789. The van der Waals surface area contributed by atoms with Gasteiger partial charge in [0.25, 0.3) is 0 Å². The van der Waals surface area contributed by atoms with Crippen LogP contribution in [0.1, 0.15) is 25.3 Å². The summed E-state index contributed by atoms with van der Waals surface area (Å²) in [6.45, 7) is 1.93. The van der Waals surface area contributed by atoms with Crippen LogP contribution in [0.15, 0.2) is 64.0 Å². The number of nitrogens with one attached hydrogen (secondary N) is 1. The number of benzene rings is 2. The van der Waals surface area contributed by atoms with E-state index in [-0.39, 0.29) is 29.0 Å². The molecule has 1 amide bonds. The van der Waals surface area contributed by atoms with Crippen molar-refractivity contribution >= 4 is 31.7 Å². The van der Waals surface area contributed by atoms with Gasteiger partial charge in [-0.05, 0) is 49.6 Å². The molecule has 0 aliphatic carbocycles. The summed E-state index contributed by atoms with van der Waals surface area (Å²) >= 11 is 3.27. The smallest absolute Gasteiger partial charge is 0.221 e. The predicted molar refractivity (Wildman–Crippen MR) is 103 cm³/mol. The highest BCUT2D eigenvalue weighted by Gasteiger charge is 2.17. The van der Waals surface area contributed by atoms with Gasteiger partial charge in [-0.3, -0.25) is 4.79 Å². The zero-order valence-electron chi connectivity index (χ0n) is 14.1. The van der Waals surface area contributed by atoms with Crippen molar-refractivity contribution in [1.82, 2.24) is 5.32 Å². The highest BCUT2D eigenvalue weighted by molar-refractivity contribution is 9.10. The van der Waals surface area contributed by atoms with Crippen LogP contribution in [0.4, 0.5) is 0 Å². The minimum atomic E-state index is -3.44. The minimum Gasteiger partial charge on any atom is -0.354 e. The Labute approximate surface area is 157 Å². The van der Waals surface area contributed by atoms with Gasteiger partial charge in [0.2, 0.25) is 5.91 Å². The first-order valence-electron chi connectivity index (χ1n) is 8.18. The van der Waals surface area contributed by atoms with E-state index in [0.29, 0.717) is 0 Å². The van der Waals surface area contributed by atoms with Crippen LogP contribution in [0.3, 0.4) is 0 Å². The lowest BCUT2D eigenvalue weighted by Crippen LogP contribution is -2.33. The average Bonchev–Trinajstić information content (AvgIpc) is 2.60. The normalized spacial score (nSPS) is 12.6. The number of sulfone groups is 1. The second-order valence-electron chi connectivity index (χ2n) is 6.02. The van der Waals surface area contributed by atoms with E-state index in [4.69, 9.17) is 0 Å². The monoisotopic (exact) mass is 423 g/mol. The summed E-state index contributed by atoms with van der Waals surface area (Å²) in [5, 5.41) is 2.87. The van der Waals surface area contributed by atoms with Crippen LogP contribution in [0.2, 0.25) is 0 Å². The predicted octanol–water partition coefficient (Wildman–Crippen LogP) is 3.75. The third kappa shape index (κ3) is 6.63. The van der Waals surface area contributed by atoms with Crippen LogP contribution in [0.25, 0.3) is 0 Å². The van der Waals surface area contributed by atoms with Crippen molar-refractivity contribution in [3.8, 4) is 0 Å². The van der Waals surface area contributed by atoms with E-state index < -0.39 is 9.84 Å². The molecular formula is C19H22BrNO3S. The molecule has 0 aliphatic rings. The molecule has 0 spiro atoms. The molecule has 2 aromatic carbocycles. The van der Waals surface area contributed by atoms with Crippen molar-refractivity contribution in [3.63, 3.8) is 0 Å². The van der Waals surface area contributed by atoms with E-state index in [1.54, 1.807) is 24.3 Å². The maximum Gasteiger partial charge on any atom is 0.221 e. The molecule has 2 aromatic rings. The number of rotatable bonds is 8. The lowest BCUT2D eigenvalue weighted by atomic mass is 10.1. The molecule has 0 radical (unpaired) electrons. The van der Waals surface area contributed by atoms with Crippen LogP contribution in [-0.2, 0) is 21.1 Å². The molecule has 4 nitrogen and oxygen atoms in total. The van der Waals surface area contributed by atoms with Gasteiger partial charge in [-0.2, -0.15) is 0 Å². The van der Waals surface area contributed by atoms with Crippen LogP contribution in [0.5, 0.6) is 0 Å². The first-order valence-corrected chi connectivity index (χ1v) is 10.6. The summed E-state index contributed by atoms with van der Waals surface area (Å²) in [6.07, 6.45) is 1.66. The van der Waals surface area contributed by atoms with Crippen LogP contribution in [0, 0.1) is 0 Å². The van der Waals surface area contributed by atoms with Crippen molar-refractivity contribution in [2.24, 2.45) is 0 Å². The maximum absolute atomic E-state index is 12.2. The summed E-state index contributed by atoms with van der Waals surface area (Å²) in [5.74, 6) is -0.424. The lowest BCUT2D eigenvalue weighted by molar-refractivity contribution is -0.121. The first-order chi connectivity index (χ1) is 11.9. The third-order valence-electron chi connectivity index (χ3n) is 3.89. The number of aryl methyl sites for hydroxylation is 1. The van der Waals surface area contributed by atoms with E-state index in [2.05, 4.69) is 33.4 Å². The summed E-state index contributed by atoms with van der Waals surface area (Å²) in [7, 11) is -3.44. The average molecular weight is 424 g/mol. The van der Waals surface area contributed by atoms with Gasteiger partial charge in [0.15, 0.2) is 9.84 Å². The number of halogens is 1. The summed E-state index contributed by atoms with van der Waals surface area (Å²) in [6, 6.07) is 16.5. The van der Waals surface area contributed by atoms with Gasteiger partial charge in [-0.1, -0.05) is 46.3 Å². The Hall–Kier alpha value is -1.66. The SMILES string of the molecule is CC(CCc1ccccc1)NC(=O)CCS(=O)(=O)c1ccc(Br)cc1. The largest absolute Gasteiger partial charge is 0.354 e. The van der Waals surface area contributed by atoms with Crippen molar-refractivity contribution in [3.05, 3.63) is 64.6 Å². The van der Waals surface area contributed by atoms with E-state index in [1.165, 1.54) is 5.56 Å². The number of hydrogen-bond acceptors (Lipinski definition) is 3. The maximum atomic E-state index is 12.2. The molecule has 0 aliphatic heterocycles. The topological polar surface area (TPSA) is 63.2 Å². The van der Waals surface area contributed by atoms with Crippen molar-refractivity contribution in [2.75, 3.05) is 5.75 Å². The molecular weight excluding hydrogens is 402 g/mol. The van der Waals surface area contributed by atoms with E-state index in [0.717, 1.165) is 17.3 Å². The van der Waals surface area contributed by atoms with Crippen molar-refractivity contribution < 1.29 is 13.2 Å². The molecule has 2 rings (SSSR count). The highest BCUT2D eigenvalue weighted by Crippen LogP contribution is 2.16. The fourth-order valence-corrected chi connectivity index (χ4v) is 3.94. The fraction of sp³-hybridized carbons (Fsp3) is 0.316. The Morgan fingerprint density at radius 2 is 1.72 bits per heavy atom. The zero-order valence-corrected chi connectivity index (χ0v) is 16.5. The quantitative estimate of drug-likeness (QED) is 0.702. The minimum absolute atomic E-state index is 0.00286. The number of amides is 1.